The van der Waals surface area contributed by atoms with Gasteiger partial charge in [-0.2, -0.15) is 5.26 Å². The van der Waals surface area contributed by atoms with E-state index in [1.165, 1.54) is 6.92 Å². The molecule has 0 spiro atoms. The van der Waals surface area contributed by atoms with Crippen molar-refractivity contribution < 1.29 is 110 Å². The van der Waals surface area contributed by atoms with Crippen LogP contribution >= 0.6 is 0 Å². The Morgan fingerprint density at radius 3 is 0.304 bits per heavy atom. The van der Waals surface area contributed by atoms with Gasteiger partial charge in [0.25, 0.3) is 0 Å². The van der Waals surface area contributed by atoms with Crippen molar-refractivity contribution in [3.05, 3.63) is 0 Å². The van der Waals surface area contributed by atoms with Crippen molar-refractivity contribution in [2.45, 2.75) is 6.92 Å². The lowest BCUT2D eigenvalue weighted by Crippen LogP contribution is -1.10. The van der Waals surface area contributed by atoms with Crippen molar-refractivity contribution in [2.24, 2.45) is 0 Å². The summed E-state index contributed by atoms with van der Waals surface area (Å²) in [6.45, 7) is 1.43. The van der Waals surface area contributed by atoms with E-state index < -0.39 is 0 Å². The van der Waals surface area contributed by atoms with Crippen molar-refractivity contribution in [1.29, 1.82) is 5.26 Å². The molecule has 0 radical (unpaired) electrons. The van der Waals surface area contributed by atoms with Crippen molar-refractivity contribution in [1.82, 2.24) is 0 Å². The lowest BCUT2D eigenvalue weighted by atomic mass is 11.0. The second-order valence-corrected chi connectivity index (χ2v) is 0.224. The number of nitrogens with zero attached hydrogens (tertiary/aromatic N) is 1. The molecule has 0 aliphatic rings. The maximum atomic E-state index is 7.32. The Bertz CT molecular complexity index is 37.1. The SMILES string of the molecule is CC#N.O.O.O.O.O.O.O.O.O.O.O.O.O.O.O.O.O.O.O.O. The summed E-state index contributed by atoms with van der Waals surface area (Å²) in [5.41, 5.74) is 0. The summed E-state index contributed by atoms with van der Waals surface area (Å²) in [4.78, 5) is 0. The molecule has 21 heteroatoms. The first-order chi connectivity index (χ1) is 1.41. The summed E-state index contributed by atoms with van der Waals surface area (Å²) in [5, 5.41) is 7.32. The molecule has 0 aliphatic heterocycles. The predicted molar refractivity (Wildman–Crippen MR) is 83.6 cm³/mol. The highest BCUT2D eigenvalue weighted by Gasteiger charge is 1.17. The van der Waals surface area contributed by atoms with Crippen LogP contribution in [-0.4, -0.2) is 110 Å². The number of hydrogen-bond acceptors (Lipinski definition) is 1. The van der Waals surface area contributed by atoms with Crippen LogP contribution in [-0.2, 0) is 0 Å². The van der Waals surface area contributed by atoms with E-state index in [4.69, 9.17) is 5.26 Å². The van der Waals surface area contributed by atoms with Crippen LogP contribution in [0.3, 0.4) is 0 Å². The minimum atomic E-state index is 0. The third-order valence-electron chi connectivity index (χ3n) is 0. The molecule has 0 bridgehead atoms. The van der Waals surface area contributed by atoms with Crippen molar-refractivity contribution in [3.63, 3.8) is 0 Å². The van der Waals surface area contributed by atoms with Gasteiger partial charge in [-0.1, -0.05) is 0 Å². The van der Waals surface area contributed by atoms with E-state index in [9.17, 15) is 0 Å². The summed E-state index contributed by atoms with van der Waals surface area (Å²) in [6.07, 6.45) is 0. The smallest absolute Gasteiger partial charge is 0.0587 e. The van der Waals surface area contributed by atoms with Gasteiger partial charge in [-0.25, -0.2) is 0 Å². The summed E-state index contributed by atoms with van der Waals surface area (Å²) >= 11 is 0. The van der Waals surface area contributed by atoms with Crippen LogP contribution in [0.1, 0.15) is 6.92 Å². The first kappa shape index (κ1) is 19500. The Balaban J connectivity index is -0.000000000105. The molecule has 21 nitrogen and oxygen atoms in total. The highest BCUT2D eigenvalue weighted by Crippen LogP contribution is 1.21. The quantitative estimate of drug-likeness (QED) is 0.374. The van der Waals surface area contributed by atoms with E-state index in [0.29, 0.717) is 0 Å². The zero-order chi connectivity index (χ0) is 2.71. The fourth-order valence-corrected chi connectivity index (χ4v) is 0. The molecule has 0 aromatic rings. The number of hydrogen-bond donors (Lipinski definition) is 0. The third-order valence-corrected chi connectivity index (χ3v) is 0. The summed E-state index contributed by atoms with van der Waals surface area (Å²) in [7, 11) is 0. The van der Waals surface area contributed by atoms with Gasteiger partial charge in [0.2, 0.25) is 0 Å². The van der Waals surface area contributed by atoms with Gasteiger partial charge >= 0.3 is 0 Å². The van der Waals surface area contributed by atoms with Gasteiger partial charge in [0.15, 0.2) is 0 Å². The lowest BCUT2D eigenvalue weighted by molar-refractivity contribution is 0.823. The van der Waals surface area contributed by atoms with Crippen LogP contribution in [0.25, 0.3) is 0 Å². The van der Waals surface area contributed by atoms with E-state index in [2.05, 4.69) is 0 Å². The van der Waals surface area contributed by atoms with Gasteiger partial charge in [0.1, 0.15) is 0 Å². The van der Waals surface area contributed by atoms with Gasteiger partial charge in [-0.05, 0) is 0 Å². The van der Waals surface area contributed by atoms with E-state index in [1.54, 1.807) is 6.07 Å². The topological polar surface area (TPSA) is 654 Å². The molecule has 0 amide bonds. The lowest BCUT2D eigenvalue weighted by Gasteiger charge is -1.15. The molecule has 0 unspecified atom stereocenters. The minimum Gasteiger partial charge on any atom is -0.412 e. The zero-order valence-corrected chi connectivity index (χ0v) is 11.9. The van der Waals surface area contributed by atoms with Crippen molar-refractivity contribution in [3.8, 4) is 6.07 Å². The molecule has 0 heterocycles. The van der Waals surface area contributed by atoms with Gasteiger partial charge < -0.3 is 110 Å². The monoisotopic (exact) mass is 401 g/mol. The Hall–Kier alpha value is -1.31. The average Bonchev–Trinajstić information content (AvgIpc) is 0.918. The van der Waals surface area contributed by atoms with Crippen LogP contribution in [0.2, 0.25) is 0 Å². The third kappa shape index (κ3) is 4210. The zero-order valence-electron chi connectivity index (χ0n) is 11.9. The van der Waals surface area contributed by atoms with Gasteiger partial charge in [0, 0.05) is 6.92 Å². The van der Waals surface area contributed by atoms with Crippen molar-refractivity contribution >= 4 is 0 Å². The Kier molecular flexibility index (Phi) is 70800000. The molecular formula is C2H43NO20. The van der Waals surface area contributed by atoms with Crippen LogP contribution in [0.5, 0.6) is 0 Å². The van der Waals surface area contributed by atoms with E-state index in [0.717, 1.165) is 0 Å². The predicted octanol–water partition coefficient (Wildman–Crippen LogP) is -16.0. The van der Waals surface area contributed by atoms with Gasteiger partial charge in [-0.3, -0.25) is 0 Å². The molecule has 0 aromatic heterocycles. The molecule has 0 saturated heterocycles. The summed E-state index contributed by atoms with van der Waals surface area (Å²) in [6, 6.07) is 1.75. The van der Waals surface area contributed by atoms with Crippen LogP contribution in [0.4, 0.5) is 0 Å². The van der Waals surface area contributed by atoms with E-state index in [-0.39, 0.29) is 110 Å². The Labute approximate surface area is 129 Å². The molecule has 0 aliphatic carbocycles. The summed E-state index contributed by atoms with van der Waals surface area (Å²) < 4.78 is 0. The fraction of sp³-hybridized carbons (Fsp3) is 0.500. The molecule has 0 aromatic carbocycles. The molecule has 0 atom stereocenters. The Morgan fingerprint density at radius 1 is 0.304 bits per heavy atom. The molecule has 0 saturated carbocycles. The minimum absolute atomic E-state index is 0. The second kappa shape index (κ2) is 83500. The fourth-order valence-electron chi connectivity index (χ4n) is 0. The number of rotatable bonds is 0. The maximum Gasteiger partial charge on any atom is 0.0587 e. The summed E-state index contributed by atoms with van der Waals surface area (Å²) in [5.74, 6) is 0. The molecule has 176 valence electrons. The molecule has 0 fully saturated rings. The van der Waals surface area contributed by atoms with Crippen molar-refractivity contribution in [2.75, 3.05) is 0 Å². The average molecular weight is 401 g/mol. The number of nitriles is 1. The highest BCUT2D eigenvalue weighted by atomic mass is 16.0. The largest absolute Gasteiger partial charge is 0.412 e. The second-order valence-electron chi connectivity index (χ2n) is 0.224. The Morgan fingerprint density at radius 2 is 0.304 bits per heavy atom. The van der Waals surface area contributed by atoms with E-state index in [1.807, 2.05) is 0 Å². The molecular weight excluding hydrogens is 358 g/mol. The first-order valence-electron chi connectivity index (χ1n) is 0.724. The molecule has 40 N–H and O–H groups in total. The normalized spacial score (nSPS) is 0.348. The van der Waals surface area contributed by atoms with E-state index >= 15 is 0 Å². The van der Waals surface area contributed by atoms with Gasteiger partial charge in [0.05, 0.1) is 6.07 Å². The van der Waals surface area contributed by atoms with Gasteiger partial charge in [-0.15, -0.1) is 0 Å². The first-order valence-corrected chi connectivity index (χ1v) is 0.724. The highest BCUT2D eigenvalue weighted by molar-refractivity contribution is 4.51. The maximum absolute atomic E-state index is 7.32. The molecule has 0 rings (SSSR count). The van der Waals surface area contributed by atoms with Crippen LogP contribution in [0.15, 0.2) is 0 Å². The van der Waals surface area contributed by atoms with Crippen LogP contribution < -0.4 is 0 Å². The van der Waals surface area contributed by atoms with Crippen LogP contribution in [0, 0.1) is 11.3 Å². The molecule has 23 heavy (non-hydrogen) atoms. The standard InChI is InChI=1S/C2H3N.20H2O/c1-2-3;;;;;;;;;;;;;;;;;;;;/h1H3;20*1H2.